The SMILES string of the molecule is COc1nc2ccc(Br)cc2cc1C(CC1CCCCC1)C(CCOS(C)(=O)=O)c1ccn(C)c(=O)c1. The van der Waals surface area contributed by atoms with Gasteiger partial charge < -0.3 is 9.30 Å². The normalized spacial score (nSPS) is 16.5. The Morgan fingerprint density at radius 3 is 2.54 bits per heavy atom. The first-order valence-corrected chi connectivity index (χ1v) is 15.4. The van der Waals surface area contributed by atoms with E-state index in [0.29, 0.717) is 18.2 Å². The quantitative estimate of drug-likeness (QED) is 0.273. The number of aryl methyl sites for hydroxylation is 1. The third-order valence-electron chi connectivity index (χ3n) is 7.44. The van der Waals surface area contributed by atoms with Gasteiger partial charge in [-0.05, 0) is 66.5 Å². The van der Waals surface area contributed by atoms with E-state index < -0.39 is 10.1 Å². The molecule has 37 heavy (non-hydrogen) atoms. The number of pyridine rings is 2. The standard InChI is InChI=1S/C28H35BrN2O5S/c1-31-13-11-20(18-27(31)32)23(12-14-36-37(3,33)34)24(15-19-7-5-4-6-8-19)25-17-21-16-22(29)9-10-26(21)30-28(25)35-2/h9-11,13,16-19,23-24H,4-8,12,14-15H2,1-3H3. The highest BCUT2D eigenvalue weighted by Gasteiger charge is 2.32. The number of aromatic nitrogens is 2. The number of nitrogens with zero attached hydrogens (tertiary/aromatic N) is 2. The molecule has 0 aliphatic heterocycles. The third kappa shape index (κ3) is 7.21. The van der Waals surface area contributed by atoms with Crippen molar-refractivity contribution in [1.29, 1.82) is 0 Å². The molecule has 2 aromatic heterocycles. The van der Waals surface area contributed by atoms with Crippen molar-refractivity contribution in [2.45, 2.75) is 56.8 Å². The summed E-state index contributed by atoms with van der Waals surface area (Å²) in [6.07, 6.45) is 10.2. The first-order chi connectivity index (χ1) is 17.6. The van der Waals surface area contributed by atoms with Gasteiger partial charge in [-0.2, -0.15) is 8.42 Å². The zero-order chi connectivity index (χ0) is 26.6. The van der Waals surface area contributed by atoms with Crippen LogP contribution in [-0.2, 0) is 21.3 Å². The van der Waals surface area contributed by atoms with E-state index in [0.717, 1.165) is 52.0 Å². The molecule has 0 N–H and O–H groups in total. The summed E-state index contributed by atoms with van der Waals surface area (Å²) in [5.41, 5.74) is 2.59. The zero-order valence-corrected chi connectivity index (χ0v) is 24.1. The summed E-state index contributed by atoms with van der Waals surface area (Å²) in [5.74, 6) is 0.905. The predicted octanol–water partition coefficient (Wildman–Crippen LogP) is 5.91. The molecule has 1 aliphatic rings. The van der Waals surface area contributed by atoms with Crippen molar-refractivity contribution in [3.63, 3.8) is 0 Å². The lowest BCUT2D eigenvalue weighted by Gasteiger charge is -2.33. The van der Waals surface area contributed by atoms with E-state index in [9.17, 15) is 13.2 Å². The Morgan fingerprint density at radius 2 is 1.86 bits per heavy atom. The van der Waals surface area contributed by atoms with E-state index in [1.807, 2.05) is 24.3 Å². The van der Waals surface area contributed by atoms with E-state index >= 15 is 0 Å². The number of hydrogen-bond donors (Lipinski definition) is 0. The molecule has 1 fully saturated rings. The zero-order valence-electron chi connectivity index (χ0n) is 21.7. The Bertz CT molecular complexity index is 1400. The van der Waals surface area contributed by atoms with Crippen molar-refractivity contribution in [3.05, 3.63) is 68.5 Å². The number of rotatable bonds is 10. The summed E-state index contributed by atoms with van der Waals surface area (Å²) >= 11 is 3.57. The summed E-state index contributed by atoms with van der Waals surface area (Å²) in [6.45, 7) is 0.0365. The van der Waals surface area contributed by atoms with Gasteiger partial charge in [-0.3, -0.25) is 8.98 Å². The van der Waals surface area contributed by atoms with Crippen LogP contribution in [0, 0.1) is 5.92 Å². The lowest BCUT2D eigenvalue weighted by atomic mass is 9.72. The Balaban J connectivity index is 1.85. The van der Waals surface area contributed by atoms with Crippen molar-refractivity contribution in [1.82, 2.24) is 9.55 Å². The number of ether oxygens (including phenoxy) is 1. The molecular formula is C28H35BrN2O5S. The highest BCUT2D eigenvalue weighted by atomic mass is 79.9. The fourth-order valence-corrected chi connectivity index (χ4v) is 6.36. The van der Waals surface area contributed by atoms with Gasteiger partial charge in [0.15, 0.2) is 0 Å². The minimum Gasteiger partial charge on any atom is -0.481 e. The van der Waals surface area contributed by atoms with E-state index in [1.165, 1.54) is 19.3 Å². The number of halogens is 1. The molecule has 0 amide bonds. The maximum atomic E-state index is 12.7. The molecule has 7 nitrogen and oxygen atoms in total. The van der Waals surface area contributed by atoms with E-state index in [1.54, 1.807) is 31.0 Å². The van der Waals surface area contributed by atoms with Crippen LogP contribution < -0.4 is 10.3 Å². The van der Waals surface area contributed by atoms with Gasteiger partial charge in [0.25, 0.3) is 15.7 Å². The Labute approximate surface area is 227 Å². The first kappa shape index (κ1) is 27.8. The molecule has 2 atom stereocenters. The van der Waals surface area contributed by atoms with Crippen molar-refractivity contribution < 1.29 is 17.3 Å². The Hall–Kier alpha value is -2.23. The fourth-order valence-electron chi connectivity index (χ4n) is 5.59. The number of benzene rings is 1. The topological polar surface area (TPSA) is 87.5 Å². The molecule has 1 aliphatic carbocycles. The number of hydrogen-bond acceptors (Lipinski definition) is 6. The molecular weight excluding hydrogens is 556 g/mol. The first-order valence-electron chi connectivity index (χ1n) is 12.8. The van der Waals surface area contributed by atoms with Crippen LogP contribution in [0.15, 0.2) is 51.9 Å². The second-order valence-electron chi connectivity index (χ2n) is 10.1. The molecule has 0 radical (unpaired) electrons. The molecule has 1 saturated carbocycles. The van der Waals surface area contributed by atoms with Crippen LogP contribution in [0.2, 0.25) is 0 Å². The lowest BCUT2D eigenvalue weighted by Crippen LogP contribution is -2.23. The smallest absolute Gasteiger partial charge is 0.264 e. The van der Waals surface area contributed by atoms with Gasteiger partial charge in [0.1, 0.15) is 0 Å². The number of methoxy groups -OCH3 is 1. The van der Waals surface area contributed by atoms with Gasteiger partial charge in [-0.25, -0.2) is 4.98 Å². The third-order valence-corrected chi connectivity index (χ3v) is 8.53. The van der Waals surface area contributed by atoms with Gasteiger partial charge in [0.05, 0.1) is 25.5 Å². The summed E-state index contributed by atoms with van der Waals surface area (Å²) < 4.78 is 37.1. The average Bonchev–Trinajstić information content (AvgIpc) is 2.86. The van der Waals surface area contributed by atoms with Crippen molar-refractivity contribution in [3.8, 4) is 5.88 Å². The van der Waals surface area contributed by atoms with Gasteiger partial charge in [0.2, 0.25) is 5.88 Å². The molecule has 0 spiro atoms. The van der Waals surface area contributed by atoms with Crippen LogP contribution in [0.1, 0.15) is 67.9 Å². The monoisotopic (exact) mass is 590 g/mol. The van der Waals surface area contributed by atoms with Crippen LogP contribution in [0.3, 0.4) is 0 Å². The molecule has 0 saturated heterocycles. The van der Waals surface area contributed by atoms with Gasteiger partial charge in [-0.1, -0.05) is 48.0 Å². The molecule has 1 aromatic carbocycles. The summed E-state index contributed by atoms with van der Waals surface area (Å²) in [7, 11) is -0.232. The highest BCUT2D eigenvalue weighted by Crippen LogP contribution is 2.46. The Kier molecular flexibility index (Phi) is 9.08. The van der Waals surface area contributed by atoms with E-state index in [2.05, 4.69) is 22.0 Å². The van der Waals surface area contributed by atoms with Crippen molar-refractivity contribution >= 4 is 37.0 Å². The largest absolute Gasteiger partial charge is 0.481 e. The predicted molar refractivity (Wildman–Crippen MR) is 150 cm³/mol. The van der Waals surface area contributed by atoms with Crippen LogP contribution in [0.4, 0.5) is 0 Å². The molecule has 9 heteroatoms. The average molecular weight is 592 g/mol. The van der Waals surface area contributed by atoms with Gasteiger partial charge in [0, 0.05) is 34.7 Å². The van der Waals surface area contributed by atoms with Crippen LogP contribution >= 0.6 is 15.9 Å². The van der Waals surface area contributed by atoms with Crippen LogP contribution in [-0.4, -0.2) is 37.9 Å². The fraction of sp³-hybridized carbons (Fsp3) is 0.500. The van der Waals surface area contributed by atoms with Gasteiger partial charge >= 0.3 is 0 Å². The molecule has 3 aromatic rings. The number of fused-ring (bicyclic) bond motifs is 1. The maximum absolute atomic E-state index is 12.7. The van der Waals surface area contributed by atoms with Crippen LogP contribution in [0.25, 0.3) is 10.9 Å². The summed E-state index contributed by atoms with van der Waals surface area (Å²) in [5, 5.41) is 0.994. The maximum Gasteiger partial charge on any atom is 0.264 e. The van der Waals surface area contributed by atoms with Crippen molar-refractivity contribution in [2.24, 2.45) is 13.0 Å². The van der Waals surface area contributed by atoms with Crippen molar-refractivity contribution in [2.75, 3.05) is 20.0 Å². The molecule has 2 unspecified atom stereocenters. The summed E-state index contributed by atoms with van der Waals surface area (Å²) in [4.78, 5) is 17.5. The van der Waals surface area contributed by atoms with Gasteiger partial charge in [-0.15, -0.1) is 0 Å². The molecule has 200 valence electrons. The molecule has 2 heterocycles. The molecule has 0 bridgehead atoms. The lowest BCUT2D eigenvalue weighted by molar-refractivity contribution is 0.262. The van der Waals surface area contributed by atoms with E-state index in [4.69, 9.17) is 13.9 Å². The van der Waals surface area contributed by atoms with E-state index in [-0.39, 0.29) is 24.0 Å². The minimum atomic E-state index is -3.59. The van der Waals surface area contributed by atoms with Crippen LogP contribution in [0.5, 0.6) is 5.88 Å². The highest BCUT2D eigenvalue weighted by molar-refractivity contribution is 9.10. The molecule has 4 rings (SSSR count). The second-order valence-corrected chi connectivity index (χ2v) is 12.7. The Morgan fingerprint density at radius 1 is 1.11 bits per heavy atom. The summed E-state index contributed by atoms with van der Waals surface area (Å²) in [6, 6.07) is 11.7. The second kappa shape index (κ2) is 12.1. The minimum absolute atomic E-state index is 0.0365.